The molecule has 1 heterocycles. The summed E-state index contributed by atoms with van der Waals surface area (Å²) in [6.45, 7) is 8.36. The van der Waals surface area contributed by atoms with Crippen LogP contribution in [0.15, 0.2) is 0 Å². The quantitative estimate of drug-likeness (QED) is 0.445. The van der Waals surface area contributed by atoms with E-state index in [4.69, 9.17) is 0 Å². The zero-order valence-electron chi connectivity index (χ0n) is 10.6. The van der Waals surface area contributed by atoms with E-state index in [1.165, 1.54) is 0 Å². The summed E-state index contributed by atoms with van der Waals surface area (Å²) in [5.74, 6) is 0. The second-order valence-corrected chi connectivity index (χ2v) is 3.95. The molecule has 0 saturated carbocycles. The summed E-state index contributed by atoms with van der Waals surface area (Å²) in [6, 6.07) is 0. The first-order chi connectivity index (χ1) is 7.49. The Morgan fingerprint density at radius 1 is 1.38 bits per heavy atom. The zero-order valence-corrected chi connectivity index (χ0v) is 10.6. The van der Waals surface area contributed by atoms with Crippen molar-refractivity contribution < 1.29 is 14.8 Å². The van der Waals surface area contributed by atoms with Crippen LogP contribution < -0.4 is 5.23 Å². The van der Waals surface area contributed by atoms with E-state index in [0.717, 1.165) is 6.29 Å². The van der Waals surface area contributed by atoms with Gasteiger partial charge in [-0.05, 0) is 26.6 Å². The summed E-state index contributed by atoms with van der Waals surface area (Å²) in [4.78, 5) is 12.7. The van der Waals surface area contributed by atoms with E-state index in [1.807, 2.05) is 13.8 Å². The normalized spacial score (nSPS) is 24.6. The fourth-order valence-corrected chi connectivity index (χ4v) is 1.85. The second kappa shape index (κ2) is 7.06. The fraction of sp³-hybridized carbons (Fsp3) is 0.889. The Balaban J connectivity index is 0.00000106. The van der Waals surface area contributed by atoms with Gasteiger partial charge in [-0.15, -0.1) is 0 Å². The lowest BCUT2D eigenvalue weighted by atomic mass is 9.81. The minimum absolute atomic E-state index is 0.444. The van der Waals surface area contributed by atoms with E-state index >= 15 is 0 Å². The van der Waals surface area contributed by atoms with E-state index in [1.54, 1.807) is 18.5 Å². The minimum atomic E-state index is -0.714. The lowest BCUT2D eigenvalue weighted by Gasteiger charge is -2.25. The number of hydrogen-bond donors (Lipinski definition) is 3. The van der Waals surface area contributed by atoms with Crippen LogP contribution in [-0.2, 0) is 4.79 Å². The van der Waals surface area contributed by atoms with Crippen LogP contribution in [0.4, 0.5) is 0 Å². The Morgan fingerprint density at radius 2 is 1.94 bits per heavy atom. The van der Waals surface area contributed by atoms with E-state index < -0.39 is 19.6 Å². The standard InChI is InChI=1S/C7H16B2N2O3.C2H6/c1-8(13)10-7(6-12)3-4-11(5-7)9(2)14;1-2/h6,10,13-14H,3-5H2,1-2H3;1-2H3/t7-;/m1./s1. The molecule has 1 aliphatic rings. The van der Waals surface area contributed by atoms with Gasteiger partial charge in [0.2, 0.25) is 0 Å². The van der Waals surface area contributed by atoms with Crippen molar-refractivity contribution in [3.63, 3.8) is 0 Å². The first-order valence-electron chi connectivity index (χ1n) is 5.83. The number of carbonyl (C=O) groups excluding carboxylic acids is 1. The number of hydrogen-bond acceptors (Lipinski definition) is 5. The average molecular weight is 228 g/mol. The van der Waals surface area contributed by atoms with Gasteiger partial charge in [0.05, 0.1) is 5.54 Å². The van der Waals surface area contributed by atoms with Crippen LogP contribution in [0.3, 0.4) is 0 Å². The molecule has 0 aromatic carbocycles. The van der Waals surface area contributed by atoms with Crippen LogP contribution in [0.2, 0.25) is 13.6 Å². The molecule has 0 bridgehead atoms. The first kappa shape index (κ1) is 15.6. The van der Waals surface area contributed by atoms with Crippen molar-refractivity contribution in [2.45, 2.75) is 39.5 Å². The molecular weight excluding hydrogens is 206 g/mol. The number of nitrogens with one attached hydrogen (secondary N) is 1. The van der Waals surface area contributed by atoms with Gasteiger partial charge < -0.3 is 24.9 Å². The fourth-order valence-electron chi connectivity index (χ4n) is 1.85. The van der Waals surface area contributed by atoms with Gasteiger partial charge >= 0.3 is 14.1 Å². The molecule has 1 rings (SSSR count). The molecule has 3 N–H and O–H groups in total. The highest BCUT2D eigenvalue weighted by Crippen LogP contribution is 2.19. The molecule has 0 radical (unpaired) electrons. The predicted octanol–water partition coefficient (Wildman–Crippen LogP) is -0.534. The maximum Gasteiger partial charge on any atom is 0.376 e. The van der Waals surface area contributed by atoms with Crippen molar-refractivity contribution in [3.05, 3.63) is 0 Å². The summed E-state index contributed by atoms with van der Waals surface area (Å²) >= 11 is 0. The summed E-state index contributed by atoms with van der Waals surface area (Å²) in [5.41, 5.74) is -0.703. The van der Waals surface area contributed by atoms with Crippen LogP contribution in [0, 0.1) is 0 Å². The molecule has 0 aromatic rings. The maximum atomic E-state index is 11.0. The molecule has 7 heteroatoms. The Bertz CT molecular complexity index is 217. The summed E-state index contributed by atoms with van der Waals surface area (Å²) in [5, 5.41) is 21.3. The van der Waals surface area contributed by atoms with E-state index in [-0.39, 0.29) is 0 Å². The summed E-state index contributed by atoms with van der Waals surface area (Å²) in [7, 11) is -1.26. The highest BCUT2D eigenvalue weighted by atomic mass is 16.2. The molecule has 16 heavy (non-hydrogen) atoms. The van der Waals surface area contributed by atoms with Crippen molar-refractivity contribution in [2.75, 3.05) is 13.1 Å². The third kappa shape index (κ3) is 4.25. The highest BCUT2D eigenvalue weighted by Gasteiger charge is 2.40. The van der Waals surface area contributed by atoms with Gasteiger partial charge in [-0.3, -0.25) is 0 Å². The van der Waals surface area contributed by atoms with E-state index in [2.05, 4.69) is 5.23 Å². The number of carbonyl (C=O) groups is 1. The molecule has 1 saturated heterocycles. The van der Waals surface area contributed by atoms with Crippen LogP contribution in [0.25, 0.3) is 0 Å². The van der Waals surface area contributed by atoms with E-state index in [0.29, 0.717) is 19.5 Å². The molecule has 5 nitrogen and oxygen atoms in total. The molecular formula is C9H22B2N2O3. The number of aldehydes is 1. The third-order valence-corrected chi connectivity index (χ3v) is 2.58. The highest BCUT2D eigenvalue weighted by molar-refractivity contribution is 6.46. The SMILES string of the molecule is CB(O)N[C@]1(C=O)CCN(B(C)O)C1.CC. The van der Waals surface area contributed by atoms with Crippen molar-refractivity contribution >= 4 is 20.4 Å². The smallest absolute Gasteiger partial charge is 0.376 e. The van der Waals surface area contributed by atoms with Gasteiger partial charge in [-0.25, -0.2) is 0 Å². The van der Waals surface area contributed by atoms with Gasteiger partial charge in [0.15, 0.2) is 0 Å². The van der Waals surface area contributed by atoms with Crippen molar-refractivity contribution in [1.82, 2.24) is 10.0 Å². The topological polar surface area (TPSA) is 72.8 Å². The maximum absolute atomic E-state index is 11.0. The largest absolute Gasteiger partial charge is 0.437 e. The molecule has 0 spiro atoms. The molecule has 0 aliphatic carbocycles. The van der Waals surface area contributed by atoms with Crippen LogP contribution >= 0.6 is 0 Å². The van der Waals surface area contributed by atoms with Crippen LogP contribution in [0.5, 0.6) is 0 Å². The van der Waals surface area contributed by atoms with Gasteiger partial charge in [-0.1, -0.05) is 13.8 Å². The van der Waals surface area contributed by atoms with Gasteiger partial charge in [0, 0.05) is 6.54 Å². The summed E-state index contributed by atoms with van der Waals surface area (Å²) in [6.07, 6.45) is 1.44. The van der Waals surface area contributed by atoms with Crippen LogP contribution in [0.1, 0.15) is 20.3 Å². The van der Waals surface area contributed by atoms with E-state index in [9.17, 15) is 14.8 Å². The van der Waals surface area contributed by atoms with Crippen molar-refractivity contribution in [3.8, 4) is 0 Å². The first-order valence-corrected chi connectivity index (χ1v) is 5.83. The minimum Gasteiger partial charge on any atom is -0.437 e. The Labute approximate surface area is 98.5 Å². The Hall–Kier alpha value is -0.360. The average Bonchev–Trinajstić information content (AvgIpc) is 2.65. The molecule has 1 atom stereocenters. The lowest BCUT2D eigenvalue weighted by molar-refractivity contribution is -0.112. The number of rotatable bonds is 4. The predicted molar refractivity (Wildman–Crippen MR) is 67.1 cm³/mol. The molecule has 92 valence electrons. The molecule has 0 amide bonds. The lowest BCUT2D eigenvalue weighted by Crippen LogP contribution is -2.55. The Morgan fingerprint density at radius 3 is 2.25 bits per heavy atom. The Kier molecular flexibility index (Phi) is 6.90. The third-order valence-electron chi connectivity index (χ3n) is 2.58. The summed E-state index contributed by atoms with van der Waals surface area (Å²) < 4.78 is 0. The van der Waals surface area contributed by atoms with Crippen molar-refractivity contribution in [1.29, 1.82) is 0 Å². The van der Waals surface area contributed by atoms with Crippen molar-refractivity contribution in [2.24, 2.45) is 0 Å². The zero-order chi connectivity index (χ0) is 12.8. The van der Waals surface area contributed by atoms with Gasteiger partial charge in [-0.2, -0.15) is 0 Å². The molecule has 1 aliphatic heterocycles. The second-order valence-electron chi connectivity index (χ2n) is 3.95. The molecule has 0 unspecified atom stereocenters. The monoisotopic (exact) mass is 228 g/mol. The van der Waals surface area contributed by atoms with Gasteiger partial charge in [0.1, 0.15) is 6.29 Å². The molecule has 1 fully saturated rings. The van der Waals surface area contributed by atoms with Gasteiger partial charge in [0.25, 0.3) is 0 Å². The van der Waals surface area contributed by atoms with Crippen LogP contribution in [-0.4, -0.2) is 53.9 Å². The molecule has 0 aromatic heterocycles. The number of nitrogens with zero attached hydrogens (tertiary/aromatic N) is 1.